The number of fused-ring (bicyclic) bond motifs is 1. The number of carbonyl (C=O) groups is 2. The van der Waals surface area contributed by atoms with E-state index in [1.165, 1.54) is 6.92 Å². The van der Waals surface area contributed by atoms with Gasteiger partial charge in [0.2, 0.25) is 0 Å². The zero-order valence-electron chi connectivity index (χ0n) is 14.5. The number of rotatable bonds is 3. The Morgan fingerprint density at radius 2 is 1.83 bits per heavy atom. The van der Waals surface area contributed by atoms with Gasteiger partial charge in [-0.1, -0.05) is 6.92 Å². The van der Waals surface area contributed by atoms with Gasteiger partial charge in [0.05, 0.1) is 0 Å². The first-order valence-electron chi connectivity index (χ1n) is 7.79. The van der Waals surface area contributed by atoms with Crippen LogP contribution in [0.1, 0.15) is 49.4 Å². The summed E-state index contributed by atoms with van der Waals surface area (Å²) >= 11 is 0. The van der Waals surface area contributed by atoms with Crippen molar-refractivity contribution in [2.75, 3.05) is 0 Å². The Morgan fingerprint density at radius 3 is 2.35 bits per heavy atom. The minimum absolute atomic E-state index is 0.359. The second kappa shape index (κ2) is 5.87. The fourth-order valence-electron chi connectivity index (χ4n) is 3.10. The van der Waals surface area contributed by atoms with Crippen molar-refractivity contribution in [3.05, 3.63) is 22.3 Å². The molecule has 0 spiro atoms. The Hall–Kier alpha value is -2.04. The van der Waals surface area contributed by atoms with Crippen molar-refractivity contribution in [1.29, 1.82) is 0 Å². The normalized spacial score (nSPS) is 21.1. The van der Waals surface area contributed by atoms with Crippen LogP contribution in [0.3, 0.4) is 0 Å². The summed E-state index contributed by atoms with van der Waals surface area (Å²) in [6.07, 6.45) is 1.24. The maximum atomic E-state index is 11.3. The van der Waals surface area contributed by atoms with Gasteiger partial charge in [-0.15, -0.1) is 0 Å². The molecule has 0 aromatic heterocycles. The van der Waals surface area contributed by atoms with E-state index >= 15 is 0 Å². The first-order chi connectivity index (χ1) is 10.6. The van der Waals surface area contributed by atoms with E-state index in [1.54, 1.807) is 13.8 Å². The fraction of sp³-hybridized carbons (Fsp3) is 0.556. The van der Waals surface area contributed by atoms with Gasteiger partial charge >= 0.3 is 5.97 Å². The highest BCUT2D eigenvalue weighted by atomic mass is 16.5. The molecule has 2 unspecified atom stereocenters. The van der Waals surface area contributed by atoms with E-state index in [2.05, 4.69) is 0 Å². The molecule has 0 N–H and O–H groups in total. The number of benzene rings is 1. The number of carboxylic acid groups (broad SMARTS) is 1. The SMILES string of the molecule is CC(=O)Oc1c(C)c(C)c2c(c1C)CCC(C)(C(C)C(=O)[O-])O2. The van der Waals surface area contributed by atoms with Crippen LogP contribution in [0.2, 0.25) is 0 Å². The molecule has 1 aliphatic heterocycles. The number of ether oxygens (including phenoxy) is 2. The van der Waals surface area contributed by atoms with Gasteiger partial charge in [-0.2, -0.15) is 0 Å². The first kappa shape index (κ1) is 17.3. The number of hydrogen-bond donors (Lipinski definition) is 0. The zero-order chi connectivity index (χ0) is 17.5. The third-order valence-corrected chi connectivity index (χ3v) is 5.03. The Labute approximate surface area is 136 Å². The molecule has 1 aromatic carbocycles. The van der Waals surface area contributed by atoms with Crippen LogP contribution >= 0.6 is 0 Å². The minimum Gasteiger partial charge on any atom is -0.550 e. The van der Waals surface area contributed by atoms with Gasteiger partial charge in [0.25, 0.3) is 0 Å². The van der Waals surface area contributed by atoms with Crippen molar-refractivity contribution in [2.45, 2.75) is 60.0 Å². The molecule has 0 bridgehead atoms. The van der Waals surface area contributed by atoms with E-state index in [4.69, 9.17) is 9.47 Å². The first-order valence-corrected chi connectivity index (χ1v) is 7.79. The molecule has 23 heavy (non-hydrogen) atoms. The summed E-state index contributed by atoms with van der Waals surface area (Å²) in [7, 11) is 0. The maximum absolute atomic E-state index is 11.3. The molecule has 1 aromatic rings. The summed E-state index contributed by atoms with van der Waals surface area (Å²) < 4.78 is 11.5. The van der Waals surface area contributed by atoms with Crippen molar-refractivity contribution in [3.63, 3.8) is 0 Å². The van der Waals surface area contributed by atoms with E-state index in [9.17, 15) is 14.7 Å². The van der Waals surface area contributed by atoms with Gasteiger partial charge in [0, 0.05) is 24.4 Å². The van der Waals surface area contributed by atoms with Crippen LogP contribution in [0.5, 0.6) is 11.5 Å². The highest BCUT2D eigenvalue weighted by Gasteiger charge is 2.39. The molecule has 0 radical (unpaired) electrons. The predicted molar refractivity (Wildman–Crippen MR) is 83.5 cm³/mol. The number of aliphatic carboxylic acids is 1. The Kier molecular flexibility index (Phi) is 4.42. The minimum atomic E-state index is -1.11. The van der Waals surface area contributed by atoms with E-state index in [0.29, 0.717) is 24.3 Å². The summed E-state index contributed by atoms with van der Waals surface area (Å²) in [5.74, 6) is -0.906. The van der Waals surface area contributed by atoms with Crippen LogP contribution in [0.15, 0.2) is 0 Å². The molecule has 1 heterocycles. The third-order valence-electron chi connectivity index (χ3n) is 5.03. The smallest absolute Gasteiger partial charge is 0.308 e. The van der Waals surface area contributed by atoms with Crippen molar-refractivity contribution >= 4 is 11.9 Å². The second-order valence-electron chi connectivity index (χ2n) is 6.56. The van der Waals surface area contributed by atoms with Crippen LogP contribution in [0, 0.1) is 26.7 Å². The lowest BCUT2D eigenvalue weighted by molar-refractivity contribution is -0.315. The van der Waals surface area contributed by atoms with E-state index in [0.717, 1.165) is 22.3 Å². The molecule has 5 nitrogen and oxygen atoms in total. The Bertz CT molecular complexity index is 677. The monoisotopic (exact) mass is 319 g/mol. The Morgan fingerprint density at radius 1 is 1.22 bits per heavy atom. The van der Waals surface area contributed by atoms with Crippen LogP contribution < -0.4 is 14.6 Å². The molecule has 0 fully saturated rings. The summed E-state index contributed by atoms with van der Waals surface area (Å²) in [5.41, 5.74) is 2.76. The highest BCUT2D eigenvalue weighted by Crippen LogP contribution is 2.45. The van der Waals surface area contributed by atoms with Gasteiger partial charge in [-0.25, -0.2) is 0 Å². The average Bonchev–Trinajstić information content (AvgIpc) is 2.48. The van der Waals surface area contributed by atoms with Crippen LogP contribution in [-0.4, -0.2) is 17.5 Å². The molecule has 5 heteroatoms. The molecule has 2 atom stereocenters. The van der Waals surface area contributed by atoms with Gasteiger partial charge in [-0.05, 0) is 57.2 Å². The number of hydrogen-bond acceptors (Lipinski definition) is 5. The summed E-state index contributed by atoms with van der Waals surface area (Å²) in [6, 6.07) is 0. The summed E-state index contributed by atoms with van der Waals surface area (Å²) in [6.45, 7) is 10.5. The highest BCUT2D eigenvalue weighted by molar-refractivity contribution is 5.72. The van der Waals surface area contributed by atoms with Crippen molar-refractivity contribution in [3.8, 4) is 11.5 Å². The molecule has 1 aliphatic rings. The topological polar surface area (TPSA) is 75.7 Å². The predicted octanol–water partition coefficient (Wildman–Crippen LogP) is 2.01. The van der Waals surface area contributed by atoms with E-state index < -0.39 is 17.5 Å². The largest absolute Gasteiger partial charge is 0.550 e. The number of carbonyl (C=O) groups excluding carboxylic acids is 2. The second-order valence-corrected chi connectivity index (χ2v) is 6.56. The molecule has 0 amide bonds. The number of esters is 1. The van der Waals surface area contributed by atoms with Gasteiger partial charge < -0.3 is 19.4 Å². The molecular formula is C18H23O5-. The zero-order valence-corrected chi connectivity index (χ0v) is 14.5. The van der Waals surface area contributed by atoms with Gasteiger partial charge in [0.1, 0.15) is 17.1 Å². The maximum Gasteiger partial charge on any atom is 0.308 e. The van der Waals surface area contributed by atoms with Crippen LogP contribution in [0.25, 0.3) is 0 Å². The molecule has 126 valence electrons. The Balaban J connectivity index is 2.53. The summed E-state index contributed by atoms with van der Waals surface area (Å²) in [5, 5.41) is 11.3. The standard InChI is InChI=1S/C18H24O5/c1-9-10(2)16-14(11(3)15(9)22-13(5)19)7-8-18(6,23-16)12(4)17(20)21/h12H,7-8H2,1-6H3,(H,20,21)/p-1. The number of carboxylic acids is 1. The molecule has 2 rings (SSSR count). The van der Waals surface area contributed by atoms with Crippen molar-refractivity contribution < 1.29 is 24.2 Å². The average molecular weight is 319 g/mol. The van der Waals surface area contributed by atoms with Crippen molar-refractivity contribution in [1.82, 2.24) is 0 Å². The molecule has 0 aliphatic carbocycles. The van der Waals surface area contributed by atoms with Crippen molar-refractivity contribution in [2.24, 2.45) is 5.92 Å². The third kappa shape index (κ3) is 2.92. The summed E-state index contributed by atoms with van der Waals surface area (Å²) in [4.78, 5) is 22.6. The molecule has 0 saturated carbocycles. The lowest BCUT2D eigenvalue weighted by atomic mass is 9.80. The van der Waals surface area contributed by atoms with E-state index in [1.807, 2.05) is 20.8 Å². The van der Waals surface area contributed by atoms with Gasteiger partial charge in [0.15, 0.2) is 0 Å². The fourth-order valence-corrected chi connectivity index (χ4v) is 3.10. The lowest BCUT2D eigenvalue weighted by Crippen LogP contribution is -2.50. The van der Waals surface area contributed by atoms with Crippen LogP contribution in [-0.2, 0) is 16.0 Å². The lowest BCUT2D eigenvalue weighted by Gasteiger charge is -2.42. The molecule has 0 saturated heterocycles. The van der Waals surface area contributed by atoms with Gasteiger partial charge in [-0.3, -0.25) is 4.79 Å². The quantitative estimate of drug-likeness (QED) is 0.629. The van der Waals surface area contributed by atoms with E-state index in [-0.39, 0.29) is 5.97 Å². The molecular weight excluding hydrogens is 296 g/mol. The van der Waals surface area contributed by atoms with Crippen LogP contribution in [0.4, 0.5) is 0 Å².